The van der Waals surface area contributed by atoms with Crippen molar-refractivity contribution in [1.82, 2.24) is 0 Å². The molecular formula is C15H23NO. The van der Waals surface area contributed by atoms with Gasteiger partial charge in [0.1, 0.15) is 0 Å². The Bertz CT molecular complexity index is 356. The molecular weight excluding hydrogens is 210 g/mol. The van der Waals surface area contributed by atoms with Crippen LogP contribution in [0.1, 0.15) is 55.7 Å². The molecule has 1 aliphatic carbocycles. The average molecular weight is 233 g/mol. The van der Waals surface area contributed by atoms with E-state index in [4.69, 9.17) is 10.5 Å². The number of hydrogen-bond donors (Lipinski definition) is 1. The van der Waals surface area contributed by atoms with Gasteiger partial charge in [0.05, 0.1) is 12.1 Å². The molecule has 2 nitrogen and oxygen atoms in total. The molecule has 0 spiro atoms. The first-order valence-electron chi connectivity index (χ1n) is 6.65. The summed E-state index contributed by atoms with van der Waals surface area (Å²) in [5.41, 5.74) is 9.08. The first kappa shape index (κ1) is 12.6. The molecule has 2 unspecified atom stereocenters. The summed E-state index contributed by atoms with van der Waals surface area (Å²) >= 11 is 0. The molecule has 2 N–H and O–H groups in total. The topological polar surface area (TPSA) is 35.2 Å². The van der Waals surface area contributed by atoms with Gasteiger partial charge >= 0.3 is 0 Å². The lowest BCUT2D eigenvalue weighted by atomic mass is 9.76. The zero-order valence-corrected chi connectivity index (χ0v) is 10.9. The summed E-state index contributed by atoms with van der Waals surface area (Å²) in [6.45, 7) is 2.12. The third kappa shape index (κ3) is 2.53. The summed E-state index contributed by atoms with van der Waals surface area (Å²) in [4.78, 5) is 0. The van der Waals surface area contributed by atoms with E-state index in [1.807, 2.05) is 0 Å². The van der Waals surface area contributed by atoms with Gasteiger partial charge in [-0.05, 0) is 36.3 Å². The first-order chi connectivity index (χ1) is 8.27. The van der Waals surface area contributed by atoms with Crippen LogP contribution >= 0.6 is 0 Å². The predicted octanol–water partition coefficient (Wildman–Crippen LogP) is 3.38. The van der Waals surface area contributed by atoms with Crippen molar-refractivity contribution in [2.75, 3.05) is 7.11 Å². The van der Waals surface area contributed by atoms with Crippen molar-refractivity contribution in [3.63, 3.8) is 0 Å². The average Bonchev–Trinajstić information content (AvgIpc) is 2.29. The van der Waals surface area contributed by atoms with Crippen molar-refractivity contribution in [3.8, 4) is 0 Å². The molecule has 0 radical (unpaired) electrons. The molecule has 2 atom stereocenters. The molecule has 0 bridgehead atoms. The summed E-state index contributed by atoms with van der Waals surface area (Å²) in [6, 6.07) is 8.61. The van der Waals surface area contributed by atoms with Gasteiger partial charge in [0, 0.05) is 7.11 Å². The second-order valence-electron chi connectivity index (χ2n) is 4.96. The van der Waals surface area contributed by atoms with Crippen molar-refractivity contribution >= 4 is 0 Å². The molecule has 1 aromatic carbocycles. The van der Waals surface area contributed by atoms with E-state index in [0.717, 1.165) is 12.3 Å². The van der Waals surface area contributed by atoms with Crippen LogP contribution in [0.5, 0.6) is 0 Å². The maximum atomic E-state index is 6.35. The minimum atomic E-state index is 0.00167. The van der Waals surface area contributed by atoms with E-state index in [0.29, 0.717) is 0 Å². The fourth-order valence-electron chi connectivity index (χ4n) is 2.67. The summed E-state index contributed by atoms with van der Waals surface area (Å²) < 4.78 is 5.48. The standard InChI is InChI=1S/C15H23NO/c1-3-14(17-2)15(16)13-10-5-4-9-12(13)11-7-6-8-11/h4-5,9-11,14-15H,3,6-8,16H2,1-2H3. The van der Waals surface area contributed by atoms with Gasteiger partial charge in [-0.15, -0.1) is 0 Å². The van der Waals surface area contributed by atoms with Crippen LogP contribution in [-0.2, 0) is 4.74 Å². The molecule has 0 aliphatic heterocycles. The number of rotatable bonds is 5. The Balaban J connectivity index is 2.24. The van der Waals surface area contributed by atoms with Gasteiger partial charge in [-0.25, -0.2) is 0 Å². The van der Waals surface area contributed by atoms with E-state index in [1.54, 1.807) is 7.11 Å². The maximum Gasteiger partial charge on any atom is 0.0761 e. The van der Waals surface area contributed by atoms with Crippen molar-refractivity contribution in [1.29, 1.82) is 0 Å². The molecule has 17 heavy (non-hydrogen) atoms. The quantitative estimate of drug-likeness (QED) is 0.846. The number of methoxy groups -OCH3 is 1. The van der Waals surface area contributed by atoms with Gasteiger partial charge in [0.25, 0.3) is 0 Å². The molecule has 1 saturated carbocycles. The van der Waals surface area contributed by atoms with Crippen LogP contribution < -0.4 is 5.73 Å². The van der Waals surface area contributed by atoms with Crippen LogP contribution in [0.3, 0.4) is 0 Å². The Morgan fingerprint density at radius 3 is 2.59 bits per heavy atom. The van der Waals surface area contributed by atoms with Crippen molar-refractivity contribution in [3.05, 3.63) is 35.4 Å². The molecule has 2 rings (SSSR count). The van der Waals surface area contributed by atoms with Crippen molar-refractivity contribution in [2.45, 2.75) is 50.7 Å². The number of nitrogens with two attached hydrogens (primary N) is 1. The molecule has 0 aromatic heterocycles. The van der Waals surface area contributed by atoms with Gasteiger partial charge < -0.3 is 10.5 Å². The minimum absolute atomic E-state index is 0.00167. The van der Waals surface area contributed by atoms with E-state index in [1.165, 1.54) is 30.4 Å². The molecule has 0 saturated heterocycles. The Labute approximate surface area is 104 Å². The van der Waals surface area contributed by atoms with E-state index < -0.39 is 0 Å². The lowest BCUT2D eigenvalue weighted by Gasteiger charge is -2.31. The highest BCUT2D eigenvalue weighted by Crippen LogP contribution is 2.39. The molecule has 1 aromatic rings. The number of hydrogen-bond acceptors (Lipinski definition) is 2. The van der Waals surface area contributed by atoms with Crippen LogP contribution in [0.4, 0.5) is 0 Å². The second kappa shape index (κ2) is 5.65. The van der Waals surface area contributed by atoms with Gasteiger partial charge in [0.15, 0.2) is 0 Å². The fraction of sp³-hybridized carbons (Fsp3) is 0.600. The zero-order valence-electron chi connectivity index (χ0n) is 10.9. The highest BCUT2D eigenvalue weighted by atomic mass is 16.5. The van der Waals surface area contributed by atoms with Crippen molar-refractivity contribution in [2.24, 2.45) is 5.73 Å². The monoisotopic (exact) mass is 233 g/mol. The lowest BCUT2D eigenvalue weighted by molar-refractivity contribution is 0.0767. The van der Waals surface area contributed by atoms with E-state index in [9.17, 15) is 0 Å². The third-order valence-electron chi connectivity index (χ3n) is 4.01. The first-order valence-corrected chi connectivity index (χ1v) is 6.65. The highest BCUT2D eigenvalue weighted by Gasteiger charge is 2.26. The fourth-order valence-corrected chi connectivity index (χ4v) is 2.67. The highest BCUT2D eigenvalue weighted by molar-refractivity contribution is 5.34. The maximum absolute atomic E-state index is 6.35. The van der Waals surface area contributed by atoms with Crippen molar-refractivity contribution < 1.29 is 4.74 Å². The Kier molecular flexibility index (Phi) is 4.19. The smallest absolute Gasteiger partial charge is 0.0761 e. The van der Waals surface area contributed by atoms with Crippen LogP contribution in [0.25, 0.3) is 0 Å². The Hall–Kier alpha value is -0.860. The van der Waals surface area contributed by atoms with E-state index in [-0.39, 0.29) is 12.1 Å². The summed E-state index contributed by atoms with van der Waals surface area (Å²) in [5.74, 6) is 0.728. The number of benzene rings is 1. The Morgan fingerprint density at radius 2 is 2.06 bits per heavy atom. The molecule has 1 aliphatic rings. The van der Waals surface area contributed by atoms with E-state index >= 15 is 0 Å². The SMILES string of the molecule is CCC(OC)C(N)c1ccccc1C1CCC1. The molecule has 0 heterocycles. The van der Waals surface area contributed by atoms with E-state index in [2.05, 4.69) is 31.2 Å². The second-order valence-corrected chi connectivity index (χ2v) is 4.96. The molecule has 94 valence electrons. The van der Waals surface area contributed by atoms with Gasteiger partial charge in [-0.1, -0.05) is 37.6 Å². The van der Waals surface area contributed by atoms with Crippen LogP contribution in [-0.4, -0.2) is 13.2 Å². The summed E-state index contributed by atoms with van der Waals surface area (Å²) in [7, 11) is 1.75. The van der Waals surface area contributed by atoms with Crippen LogP contribution in [0, 0.1) is 0 Å². The minimum Gasteiger partial charge on any atom is -0.379 e. The van der Waals surface area contributed by atoms with Crippen LogP contribution in [0.15, 0.2) is 24.3 Å². The summed E-state index contributed by atoms with van der Waals surface area (Å²) in [6.07, 6.45) is 5.06. The molecule has 0 amide bonds. The molecule has 1 fully saturated rings. The molecule has 2 heteroatoms. The summed E-state index contributed by atoms with van der Waals surface area (Å²) in [5, 5.41) is 0. The van der Waals surface area contributed by atoms with Gasteiger partial charge in [0.2, 0.25) is 0 Å². The zero-order chi connectivity index (χ0) is 12.3. The normalized spacial score (nSPS) is 19.7. The number of ether oxygens (including phenoxy) is 1. The lowest BCUT2D eigenvalue weighted by Crippen LogP contribution is -2.29. The van der Waals surface area contributed by atoms with Gasteiger partial charge in [-0.3, -0.25) is 0 Å². The Morgan fingerprint density at radius 1 is 1.35 bits per heavy atom. The van der Waals surface area contributed by atoms with Gasteiger partial charge in [-0.2, -0.15) is 0 Å². The predicted molar refractivity (Wildman–Crippen MR) is 71.1 cm³/mol. The van der Waals surface area contributed by atoms with Crippen LogP contribution in [0.2, 0.25) is 0 Å². The third-order valence-corrected chi connectivity index (χ3v) is 4.01. The largest absolute Gasteiger partial charge is 0.379 e.